The van der Waals surface area contributed by atoms with Gasteiger partial charge in [0, 0.05) is 23.1 Å². The molecule has 2 aromatic carbocycles. The van der Waals surface area contributed by atoms with Crippen LogP contribution in [0.1, 0.15) is 37.8 Å². The highest BCUT2D eigenvalue weighted by Crippen LogP contribution is 2.24. The van der Waals surface area contributed by atoms with E-state index >= 15 is 0 Å². The number of nitrogens with zero attached hydrogens (tertiary/aromatic N) is 2. The van der Waals surface area contributed by atoms with Crippen molar-refractivity contribution in [2.24, 2.45) is 0 Å². The van der Waals surface area contributed by atoms with Gasteiger partial charge in [-0.15, -0.1) is 0 Å². The molecule has 7 nitrogen and oxygen atoms in total. The zero-order chi connectivity index (χ0) is 25.5. The summed E-state index contributed by atoms with van der Waals surface area (Å²) in [6, 6.07) is 10.9. The predicted octanol–water partition coefficient (Wildman–Crippen LogP) is 4.40. The number of carbonyl (C=O) groups is 2. The number of halogens is 2. The topological polar surface area (TPSA) is 86.8 Å². The third kappa shape index (κ3) is 7.89. The molecule has 2 rings (SSSR count). The van der Waals surface area contributed by atoms with Gasteiger partial charge in [-0.2, -0.15) is 0 Å². The number of hydrogen-bond acceptors (Lipinski definition) is 4. The fourth-order valence-corrected chi connectivity index (χ4v) is 4.66. The summed E-state index contributed by atoms with van der Waals surface area (Å²) < 4.78 is 26.2. The van der Waals surface area contributed by atoms with E-state index in [0.29, 0.717) is 27.8 Å². The number of aryl methyl sites for hydroxylation is 1. The van der Waals surface area contributed by atoms with Crippen molar-refractivity contribution in [1.82, 2.24) is 10.2 Å². The summed E-state index contributed by atoms with van der Waals surface area (Å²) in [6.07, 6.45) is 2.77. The van der Waals surface area contributed by atoms with Crippen molar-refractivity contribution >= 4 is 50.7 Å². The van der Waals surface area contributed by atoms with Crippen LogP contribution < -0.4 is 9.62 Å². The Labute approximate surface area is 212 Å². The summed E-state index contributed by atoms with van der Waals surface area (Å²) in [5.41, 5.74) is 1.82. The lowest BCUT2D eigenvalue weighted by atomic mass is 10.1. The van der Waals surface area contributed by atoms with Crippen LogP contribution in [0.2, 0.25) is 10.0 Å². The van der Waals surface area contributed by atoms with Crippen LogP contribution >= 0.6 is 23.2 Å². The monoisotopic (exact) mass is 527 g/mol. The van der Waals surface area contributed by atoms with E-state index in [2.05, 4.69) is 5.32 Å². The minimum atomic E-state index is -3.77. The van der Waals surface area contributed by atoms with Crippen molar-refractivity contribution in [3.8, 4) is 0 Å². The second-order valence-electron chi connectivity index (χ2n) is 8.19. The predicted molar refractivity (Wildman–Crippen MR) is 138 cm³/mol. The summed E-state index contributed by atoms with van der Waals surface area (Å²) in [7, 11) is -3.77. The molecule has 0 aromatic heterocycles. The van der Waals surface area contributed by atoms with Gasteiger partial charge in [0.25, 0.3) is 0 Å². The van der Waals surface area contributed by atoms with Crippen LogP contribution in [0.5, 0.6) is 0 Å². The average molecular weight is 529 g/mol. The Morgan fingerprint density at radius 1 is 1.12 bits per heavy atom. The molecular weight excluding hydrogens is 497 g/mol. The maximum atomic E-state index is 13.5. The first-order valence-corrected chi connectivity index (χ1v) is 13.6. The third-order valence-electron chi connectivity index (χ3n) is 5.32. The number of rotatable bonds is 11. The van der Waals surface area contributed by atoms with E-state index in [0.717, 1.165) is 29.0 Å². The summed E-state index contributed by atoms with van der Waals surface area (Å²) in [5, 5.41) is 3.63. The van der Waals surface area contributed by atoms with Gasteiger partial charge in [-0.25, -0.2) is 8.42 Å². The molecule has 0 fully saturated rings. The fraction of sp³-hybridized carbons (Fsp3) is 0.417. The highest BCUT2D eigenvalue weighted by molar-refractivity contribution is 7.92. The molecule has 0 unspecified atom stereocenters. The first kappa shape index (κ1) is 28.0. The Balaban J connectivity index is 2.38. The van der Waals surface area contributed by atoms with Crippen LogP contribution in [0.3, 0.4) is 0 Å². The van der Waals surface area contributed by atoms with Gasteiger partial charge in [-0.3, -0.25) is 13.9 Å². The number of nitrogens with one attached hydrogen (secondary N) is 1. The van der Waals surface area contributed by atoms with E-state index in [1.165, 1.54) is 4.90 Å². The van der Waals surface area contributed by atoms with Crippen molar-refractivity contribution in [2.75, 3.05) is 23.7 Å². The minimum absolute atomic E-state index is 0.0165. The van der Waals surface area contributed by atoms with E-state index in [9.17, 15) is 18.0 Å². The highest BCUT2D eigenvalue weighted by atomic mass is 35.5. The van der Waals surface area contributed by atoms with Crippen LogP contribution in [0.25, 0.3) is 0 Å². The number of sulfonamides is 1. The molecule has 0 spiro atoms. The summed E-state index contributed by atoms with van der Waals surface area (Å²) >= 11 is 12.3. The van der Waals surface area contributed by atoms with E-state index in [1.54, 1.807) is 43.3 Å². The molecule has 10 heteroatoms. The molecule has 34 heavy (non-hydrogen) atoms. The van der Waals surface area contributed by atoms with Crippen LogP contribution in [-0.2, 0) is 26.2 Å². The first-order chi connectivity index (χ1) is 15.9. The highest BCUT2D eigenvalue weighted by Gasteiger charge is 2.30. The molecule has 2 aromatic rings. The maximum absolute atomic E-state index is 13.5. The van der Waals surface area contributed by atoms with Crippen molar-refractivity contribution < 1.29 is 18.0 Å². The lowest BCUT2D eigenvalue weighted by Crippen LogP contribution is -2.51. The van der Waals surface area contributed by atoms with Gasteiger partial charge in [-0.05, 0) is 55.7 Å². The van der Waals surface area contributed by atoms with Crippen molar-refractivity contribution in [3.63, 3.8) is 0 Å². The molecule has 0 saturated carbocycles. The Hall–Kier alpha value is -2.29. The molecule has 0 aliphatic carbocycles. The Morgan fingerprint density at radius 3 is 2.41 bits per heavy atom. The Kier molecular flexibility index (Phi) is 10.2. The SMILES string of the molecule is CCCCNC(=O)[C@H](C)N(Cc1ccc(Cl)cc1Cl)C(=O)CN(c1cccc(C)c1)S(C)(=O)=O. The molecule has 0 aliphatic heterocycles. The fourth-order valence-electron chi connectivity index (χ4n) is 3.35. The molecule has 186 valence electrons. The zero-order valence-electron chi connectivity index (χ0n) is 19.8. The van der Waals surface area contributed by atoms with Crippen LogP contribution in [-0.4, -0.2) is 50.5 Å². The normalized spacial score (nSPS) is 12.2. The van der Waals surface area contributed by atoms with Crippen LogP contribution in [0, 0.1) is 6.92 Å². The lowest BCUT2D eigenvalue weighted by molar-refractivity contribution is -0.139. The molecule has 2 amide bonds. The molecule has 1 atom stereocenters. The van der Waals surface area contributed by atoms with E-state index < -0.39 is 28.5 Å². The standard InChI is InChI=1S/C24H31Cl2N3O4S/c1-5-6-12-27-24(31)18(3)28(15-19-10-11-20(25)14-22(19)26)23(30)16-29(34(4,32)33)21-9-7-8-17(2)13-21/h7-11,13-14,18H,5-6,12,15-16H2,1-4H3,(H,27,31)/t18-/m0/s1. The molecule has 0 radical (unpaired) electrons. The Morgan fingerprint density at radius 2 is 1.82 bits per heavy atom. The number of carbonyl (C=O) groups excluding carboxylic acids is 2. The molecule has 0 saturated heterocycles. The molecule has 0 aliphatic rings. The number of unbranched alkanes of at least 4 members (excludes halogenated alkanes) is 1. The average Bonchev–Trinajstić information content (AvgIpc) is 2.75. The summed E-state index contributed by atoms with van der Waals surface area (Å²) in [6.45, 7) is 5.51. The van der Waals surface area contributed by atoms with Gasteiger partial charge in [0.1, 0.15) is 12.6 Å². The number of hydrogen-bond donors (Lipinski definition) is 1. The lowest BCUT2D eigenvalue weighted by Gasteiger charge is -2.31. The van der Waals surface area contributed by atoms with Crippen molar-refractivity contribution in [3.05, 3.63) is 63.6 Å². The number of amides is 2. The maximum Gasteiger partial charge on any atom is 0.244 e. The first-order valence-electron chi connectivity index (χ1n) is 11.0. The Bertz CT molecular complexity index is 1120. The minimum Gasteiger partial charge on any atom is -0.354 e. The molecule has 0 heterocycles. The van der Waals surface area contributed by atoms with Gasteiger partial charge in [0.15, 0.2) is 0 Å². The van der Waals surface area contributed by atoms with E-state index in [4.69, 9.17) is 23.2 Å². The van der Waals surface area contributed by atoms with E-state index in [1.807, 2.05) is 19.9 Å². The van der Waals surface area contributed by atoms with Crippen LogP contribution in [0.15, 0.2) is 42.5 Å². The van der Waals surface area contributed by atoms with Gasteiger partial charge in [0.05, 0.1) is 11.9 Å². The van der Waals surface area contributed by atoms with E-state index in [-0.39, 0.29) is 12.5 Å². The van der Waals surface area contributed by atoms with Crippen molar-refractivity contribution in [2.45, 2.75) is 46.2 Å². The van der Waals surface area contributed by atoms with Crippen molar-refractivity contribution in [1.29, 1.82) is 0 Å². The quantitative estimate of drug-likeness (QED) is 0.438. The summed E-state index contributed by atoms with van der Waals surface area (Å²) in [5.74, 6) is -0.857. The summed E-state index contributed by atoms with van der Waals surface area (Å²) in [4.78, 5) is 27.6. The smallest absolute Gasteiger partial charge is 0.244 e. The number of anilines is 1. The number of benzene rings is 2. The molecule has 0 bridgehead atoms. The van der Waals surface area contributed by atoms with Gasteiger partial charge >= 0.3 is 0 Å². The molecule has 1 N–H and O–H groups in total. The third-order valence-corrected chi connectivity index (χ3v) is 7.05. The van der Waals surface area contributed by atoms with Gasteiger partial charge in [0.2, 0.25) is 21.8 Å². The van der Waals surface area contributed by atoms with Gasteiger partial charge < -0.3 is 10.2 Å². The van der Waals surface area contributed by atoms with Crippen LogP contribution in [0.4, 0.5) is 5.69 Å². The second-order valence-corrected chi connectivity index (χ2v) is 10.9. The second kappa shape index (κ2) is 12.4. The zero-order valence-corrected chi connectivity index (χ0v) is 22.2. The molecular formula is C24H31Cl2N3O4S. The van der Waals surface area contributed by atoms with Gasteiger partial charge in [-0.1, -0.05) is 54.7 Å². The largest absolute Gasteiger partial charge is 0.354 e.